The minimum atomic E-state index is -1.13. The molecule has 1 aromatic carbocycles. The molecule has 1 aromatic heterocycles. The van der Waals surface area contributed by atoms with Crippen molar-refractivity contribution in [2.24, 2.45) is 0 Å². The zero-order valence-electron chi connectivity index (χ0n) is 13.4. The first-order valence-corrected chi connectivity index (χ1v) is 7.30. The maximum atomic E-state index is 11.8. The van der Waals surface area contributed by atoms with Crippen LogP contribution in [0.1, 0.15) is 26.5 Å². The lowest BCUT2D eigenvalue weighted by Crippen LogP contribution is -2.44. The fraction of sp³-hybridized carbons (Fsp3) is 0.353. The van der Waals surface area contributed by atoms with E-state index in [0.717, 1.165) is 10.8 Å². The smallest absolute Gasteiger partial charge is 0.408 e. The largest absolute Gasteiger partial charge is 0.480 e. The number of benzene rings is 1. The Kier molecular flexibility index (Phi) is 4.83. The molecule has 0 saturated carbocycles. The van der Waals surface area contributed by atoms with E-state index in [0.29, 0.717) is 5.69 Å². The van der Waals surface area contributed by atoms with Gasteiger partial charge in [0, 0.05) is 23.7 Å². The van der Waals surface area contributed by atoms with Gasteiger partial charge in [0.05, 0.1) is 0 Å². The van der Waals surface area contributed by atoms with Crippen molar-refractivity contribution in [1.29, 1.82) is 0 Å². The van der Waals surface area contributed by atoms with E-state index in [1.807, 2.05) is 30.3 Å². The summed E-state index contributed by atoms with van der Waals surface area (Å²) in [4.78, 5) is 27.4. The van der Waals surface area contributed by atoms with Crippen molar-refractivity contribution < 1.29 is 19.4 Å². The number of nitrogens with zero attached hydrogens (tertiary/aromatic N) is 1. The molecule has 0 bridgehead atoms. The summed E-state index contributed by atoms with van der Waals surface area (Å²) < 4.78 is 5.09. The molecule has 0 aliphatic rings. The third kappa shape index (κ3) is 4.95. The van der Waals surface area contributed by atoms with Crippen LogP contribution in [0.25, 0.3) is 10.8 Å². The average molecular weight is 316 g/mol. The summed E-state index contributed by atoms with van der Waals surface area (Å²) in [6, 6.07) is 8.39. The van der Waals surface area contributed by atoms with Gasteiger partial charge in [-0.25, -0.2) is 9.59 Å². The lowest BCUT2D eigenvalue weighted by Gasteiger charge is -2.21. The molecule has 0 aliphatic heterocycles. The SMILES string of the molecule is CC(C)(C)OC(=O)NC(Cc1cc2ccccc2cn1)C(=O)O. The van der Waals surface area contributed by atoms with Crippen molar-refractivity contribution in [2.75, 3.05) is 0 Å². The van der Waals surface area contributed by atoms with Gasteiger partial charge < -0.3 is 15.2 Å². The Morgan fingerprint density at radius 2 is 1.91 bits per heavy atom. The van der Waals surface area contributed by atoms with Crippen molar-refractivity contribution in [3.8, 4) is 0 Å². The van der Waals surface area contributed by atoms with Crippen molar-refractivity contribution in [2.45, 2.75) is 38.8 Å². The van der Waals surface area contributed by atoms with Crippen LogP contribution < -0.4 is 5.32 Å². The van der Waals surface area contributed by atoms with E-state index in [-0.39, 0.29) is 6.42 Å². The second-order valence-corrected chi connectivity index (χ2v) is 6.26. The molecule has 0 aliphatic carbocycles. The Hall–Kier alpha value is -2.63. The predicted octanol–water partition coefficient (Wildman–Crippen LogP) is 2.76. The average Bonchev–Trinajstić information content (AvgIpc) is 2.44. The van der Waals surface area contributed by atoms with Gasteiger partial charge in [-0.15, -0.1) is 0 Å². The zero-order chi connectivity index (χ0) is 17.0. The number of aromatic nitrogens is 1. The number of carboxylic acids is 1. The molecule has 1 heterocycles. The van der Waals surface area contributed by atoms with Gasteiger partial charge in [0.1, 0.15) is 11.6 Å². The molecule has 1 unspecified atom stereocenters. The lowest BCUT2D eigenvalue weighted by atomic mass is 10.1. The quantitative estimate of drug-likeness (QED) is 0.905. The van der Waals surface area contributed by atoms with E-state index in [1.54, 1.807) is 27.0 Å². The standard InChI is InChI=1S/C17H20N2O4/c1-17(2,3)23-16(22)19-14(15(20)21)9-13-8-11-6-4-5-7-12(11)10-18-13/h4-8,10,14H,9H2,1-3H3,(H,19,22)(H,20,21). The number of alkyl carbamates (subject to hydrolysis) is 1. The Labute approximate surface area is 134 Å². The molecule has 0 spiro atoms. The monoisotopic (exact) mass is 316 g/mol. The van der Waals surface area contributed by atoms with Gasteiger partial charge in [0.2, 0.25) is 0 Å². The van der Waals surface area contributed by atoms with Crippen LogP contribution >= 0.6 is 0 Å². The van der Waals surface area contributed by atoms with Crippen LogP contribution in [0.4, 0.5) is 4.79 Å². The number of carbonyl (C=O) groups is 2. The minimum Gasteiger partial charge on any atom is -0.480 e. The molecule has 23 heavy (non-hydrogen) atoms. The number of pyridine rings is 1. The summed E-state index contributed by atoms with van der Waals surface area (Å²) in [5.41, 5.74) is -0.0962. The number of carbonyl (C=O) groups excluding carboxylic acids is 1. The van der Waals surface area contributed by atoms with Gasteiger partial charge in [0.25, 0.3) is 0 Å². The summed E-state index contributed by atoms with van der Waals surface area (Å²) in [6.45, 7) is 5.15. The molecule has 122 valence electrons. The highest BCUT2D eigenvalue weighted by Gasteiger charge is 2.24. The maximum Gasteiger partial charge on any atom is 0.408 e. The van der Waals surface area contributed by atoms with Crippen LogP contribution in [0.3, 0.4) is 0 Å². The third-order valence-electron chi connectivity index (χ3n) is 3.09. The van der Waals surface area contributed by atoms with E-state index in [9.17, 15) is 14.7 Å². The molecule has 1 amide bonds. The molecule has 2 rings (SSSR count). The Bertz CT molecular complexity index is 722. The molecular weight excluding hydrogens is 296 g/mol. The third-order valence-corrected chi connectivity index (χ3v) is 3.09. The van der Waals surface area contributed by atoms with E-state index in [1.165, 1.54) is 0 Å². The van der Waals surface area contributed by atoms with Gasteiger partial charge in [-0.3, -0.25) is 4.98 Å². The highest BCUT2D eigenvalue weighted by molar-refractivity contribution is 5.83. The van der Waals surface area contributed by atoms with Crippen molar-refractivity contribution in [3.63, 3.8) is 0 Å². The number of ether oxygens (including phenoxy) is 1. The molecule has 6 heteroatoms. The van der Waals surface area contributed by atoms with Crippen LogP contribution in [0.5, 0.6) is 0 Å². The molecule has 0 saturated heterocycles. The summed E-state index contributed by atoms with van der Waals surface area (Å²) >= 11 is 0. The van der Waals surface area contributed by atoms with Crippen LogP contribution in [-0.2, 0) is 16.0 Å². The lowest BCUT2D eigenvalue weighted by molar-refractivity contribution is -0.139. The topological polar surface area (TPSA) is 88.5 Å². The maximum absolute atomic E-state index is 11.8. The van der Waals surface area contributed by atoms with Gasteiger partial charge in [-0.2, -0.15) is 0 Å². The number of amides is 1. The molecule has 2 N–H and O–H groups in total. The van der Waals surface area contributed by atoms with E-state index < -0.39 is 23.7 Å². The van der Waals surface area contributed by atoms with Crippen LogP contribution in [-0.4, -0.2) is 33.8 Å². The van der Waals surface area contributed by atoms with Crippen molar-refractivity contribution in [1.82, 2.24) is 10.3 Å². The Balaban J connectivity index is 2.11. The molecule has 0 fully saturated rings. The summed E-state index contributed by atoms with van der Waals surface area (Å²) in [6.07, 6.45) is 1.02. The van der Waals surface area contributed by atoms with Crippen LogP contribution in [0, 0.1) is 0 Å². The number of nitrogens with one attached hydrogen (secondary N) is 1. The van der Waals surface area contributed by atoms with E-state index in [4.69, 9.17) is 4.74 Å². The Morgan fingerprint density at radius 3 is 2.52 bits per heavy atom. The Morgan fingerprint density at radius 1 is 1.26 bits per heavy atom. The molecule has 1 atom stereocenters. The highest BCUT2D eigenvalue weighted by Crippen LogP contribution is 2.14. The van der Waals surface area contributed by atoms with Gasteiger partial charge in [-0.1, -0.05) is 24.3 Å². The fourth-order valence-electron chi connectivity index (χ4n) is 2.10. The first-order chi connectivity index (χ1) is 10.7. The predicted molar refractivity (Wildman–Crippen MR) is 86.2 cm³/mol. The fourth-order valence-corrected chi connectivity index (χ4v) is 2.10. The minimum absolute atomic E-state index is 0.0827. The second kappa shape index (κ2) is 6.64. The molecule has 2 aromatic rings. The normalized spacial score (nSPS) is 12.7. The first-order valence-electron chi connectivity index (χ1n) is 7.30. The summed E-state index contributed by atoms with van der Waals surface area (Å²) in [5.74, 6) is -1.13. The van der Waals surface area contributed by atoms with Gasteiger partial charge >= 0.3 is 12.1 Å². The number of fused-ring (bicyclic) bond motifs is 1. The molecular formula is C17H20N2O4. The number of hydrogen-bond donors (Lipinski definition) is 2. The number of carboxylic acid groups (broad SMARTS) is 1. The number of aliphatic carboxylic acids is 1. The molecule has 0 radical (unpaired) electrons. The molecule has 6 nitrogen and oxygen atoms in total. The summed E-state index contributed by atoms with van der Waals surface area (Å²) in [7, 11) is 0. The summed E-state index contributed by atoms with van der Waals surface area (Å²) in [5, 5.41) is 13.6. The highest BCUT2D eigenvalue weighted by atomic mass is 16.6. The van der Waals surface area contributed by atoms with Crippen LogP contribution in [0.2, 0.25) is 0 Å². The van der Waals surface area contributed by atoms with E-state index >= 15 is 0 Å². The number of hydrogen-bond acceptors (Lipinski definition) is 4. The van der Waals surface area contributed by atoms with Gasteiger partial charge in [-0.05, 0) is 32.2 Å². The van der Waals surface area contributed by atoms with Gasteiger partial charge in [0.15, 0.2) is 0 Å². The number of rotatable bonds is 4. The zero-order valence-corrected chi connectivity index (χ0v) is 13.4. The van der Waals surface area contributed by atoms with Crippen molar-refractivity contribution >= 4 is 22.8 Å². The van der Waals surface area contributed by atoms with Crippen molar-refractivity contribution in [3.05, 3.63) is 42.2 Å². The second-order valence-electron chi connectivity index (χ2n) is 6.26. The van der Waals surface area contributed by atoms with E-state index in [2.05, 4.69) is 10.3 Å². The first kappa shape index (κ1) is 16.7. The van der Waals surface area contributed by atoms with Crippen LogP contribution in [0.15, 0.2) is 36.5 Å².